The molecule has 1 atom stereocenters. The summed E-state index contributed by atoms with van der Waals surface area (Å²) in [6.07, 6.45) is -0.702. The van der Waals surface area contributed by atoms with Crippen molar-refractivity contribution < 1.29 is 19.7 Å². The van der Waals surface area contributed by atoms with Crippen LogP contribution in [0.1, 0.15) is 16.8 Å². The largest absolute Gasteiger partial charge is 0.457 e. The van der Waals surface area contributed by atoms with Crippen molar-refractivity contribution in [3.05, 3.63) is 53.8 Å². The van der Waals surface area contributed by atoms with Crippen LogP contribution in [0.15, 0.2) is 48.2 Å². The highest BCUT2D eigenvalue weighted by atomic mass is 16.5. The first-order chi connectivity index (χ1) is 8.67. The molecule has 0 amide bonds. The normalized spacial score (nSPS) is 11.4. The lowest BCUT2D eigenvalue weighted by atomic mass is 10.1. The molecule has 0 saturated carbocycles. The van der Waals surface area contributed by atoms with Crippen LogP contribution < -0.4 is 0 Å². The van der Waals surface area contributed by atoms with Gasteiger partial charge in [-0.15, -0.1) is 5.73 Å². The Bertz CT molecular complexity index is 432. The van der Waals surface area contributed by atoms with Gasteiger partial charge in [0, 0.05) is 12.0 Å². The lowest BCUT2D eigenvalue weighted by Crippen LogP contribution is -2.15. The fraction of sp³-hybridized carbons (Fsp3) is 0.286. The van der Waals surface area contributed by atoms with Gasteiger partial charge in [0.15, 0.2) is 0 Å². The maximum Gasteiger partial charge on any atom is 0.338 e. The van der Waals surface area contributed by atoms with Crippen molar-refractivity contribution in [1.82, 2.24) is 0 Å². The summed E-state index contributed by atoms with van der Waals surface area (Å²) >= 11 is 0. The van der Waals surface area contributed by atoms with E-state index in [0.717, 1.165) is 0 Å². The average Bonchev–Trinajstić information content (AvgIpc) is 2.43. The van der Waals surface area contributed by atoms with Crippen molar-refractivity contribution in [1.29, 1.82) is 0 Å². The molecule has 4 heteroatoms. The van der Waals surface area contributed by atoms with Crippen LogP contribution in [0.3, 0.4) is 0 Å². The van der Waals surface area contributed by atoms with Gasteiger partial charge in [0.05, 0.1) is 18.3 Å². The highest BCUT2D eigenvalue weighted by molar-refractivity contribution is 5.89. The van der Waals surface area contributed by atoms with Gasteiger partial charge in [-0.3, -0.25) is 0 Å². The third-order valence-electron chi connectivity index (χ3n) is 2.33. The number of aliphatic hydroxyl groups excluding tert-OH is 2. The Kier molecular flexibility index (Phi) is 5.88. The smallest absolute Gasteiger partial charge is 0.338 e. The summed E-state index contributed by atoms with van der Waals surface area (Å²) in [5, 5.41) is 18.0. The highest BCUT2D eigenvalue weighted by Crippen LogP contribution is 2.07. The molecule has 0 aliphatic heterocycles. The van der Waals surface area contributed by atoms with E-state index >= 15 is 0 Å². The molecular formula is C14H16O4. The zero-order chi connectivity index (χ0) is 13.4. The molecule has 0 heterocycles. The van der Waals surface area contributed by atoms with Crippen molar-refractivity contribution in [2.45, 2.75) is 12.5 Å². The molecule has 0 bridgehead atoms. The van der Waals surface area contributed by atoms with E-state index in [1.165, 1.54) is 0 Å². The molecule has 18 heavy (non-hydrogen) atoms. The number of hydrogen-bond donors (Lipinski definition) is 2. The molecule has 0 aromatic heterocycles. The van der Waals surface area contributed by atoms with E-state index in [4.69, 9.17) is 9.84 Å². The molecule has 1 unspecified atom stereocenters. The summed E-state index contributed by atoms with van der Waals surface area (Å²) in [7, 11) is 0. The number of aliphatic hydroxyl groups is 2. The van der Waals surface area contributed by atoms with Crippen LogP contribution >= 0.6 is 0 Å². The molecule has 4 nitrogen and oxygen atoms in total. The van der Waals surface area contributed by atoms with Crippen molar-refractivity contribution in [3.63, 3.8) is 0 Å². The summed E-state index contributed by atoms with van der Waals surface area (Å²) in [5.41, 5.74) is 3.60. The first-order valence-corrected chi connectivity index (χ1v) is 5.56. The Morgan fingerprint density at radius 3 is 2.61 bits per heavy atom. The lowest BCUT2D eigenvalue weighted by molar-refractivity contribution is 0.0517. The summed E-state index contributed by atoms with van der Waals surface area (Å²) in [4.78, 5) is 11.6. The summed E-state index contributed by atoms with van der Waals surface area (Å²) in [5.74, 6) is -0.443. The van der Waals surface area contributed by atoms with Crippen LogP contribution in [-0.4, -0.2) is 35.5 Å². The molecular weight excluding hydrogens is 232 g/mol. The SMILES string of the molecule is C=C=C(COC(=O)c1ccccc1)CC(O)CO. The molecule has 0 saturated heterocycles. The standard InChI is InChI=1S/C14H16O4/c1-2-11(8-13(16)9-15)10-18-14(17)12-6-4-3-5-7-12/h3-7,13,15-16H,1,8-10H2. The summed E-state index contributed by atoms with van der Waals surface area (Å²) in [6, 6.07) is 8.61. The fourth-order valence-corrected chi connectivity index (χ4v) is 1.34. The maximum absolute atomic E-state index is 11.6. The second-order valence-corrected chi connectivity index (χ2v) is 3.76. The molecule has 96 valence electrons. The molecule has 0 fully saturated rings. The number of carbonyl (C=O) groups excluding carboxylic acids is 1. The fourth-order valence-electron chi connectivity index (χ4n) is 1.34. The van der Waals surface area contributed by atoms with Gasteiger partial charge in [-0.2, -0.15) is 0 Å². The highest BCUT2D eigenvalue weighted by Gasteiger charge is 2.10. The van der Waals surface area contributed by atoms with Crippen molar-refractivity contribution in [2.24, 2.45) is 0 Å². The van der Waals surface area contributed by atoms with Crippen molar-refractivity contribution in [3.8, 4) is 0 Å². The van der Waals surface area contributed by atoms with Crippen LogP contribution in [0.4, 0.5) is 0 Å². The van der Waals surface area contributed by atoms with Crippen molar-refractivity contribution in [2.75, 3.05) is 13.2 Å². The van der Waals surface area contributed by atoms with Gasteiger partial charge >= 0.3 is 5.97 Å². The third kappa shape index (κ3) is 4.55. The second kappa shape index (κ2) is 7.45. The zero-order valence-corrected chi connectivity index (χ0v) is 10.0. The van der Waals surface area contributed by atoms with Crippen LogP contribution in [-0.2, 0) is 4.74 Å². The number of carbonyl (C=O) groups is 1. The molecule has 2 N–H and O–H groups in total. The average molecular weight is 248 g/mol. The van der Waals surface area contributed by atoms with Crippen LogP contribution in [0, 0.1) is 0 Å². The maximum atomic E-state index is 11.6. The molecule has 1 aromatic carbocycles. The van der Waals surface area contributed by atoms with Gasteiger partial charge < -0.3 is 14.9 Å². The molecule has 1 rings (SSSR count). The van der Waals surface area contributed by atoms with Crippen LogP contribution in [0.2, 0.25) is 0 Å². The number of esters is 1. The lowest BCUT2D eigenvalue weighted by Gasteiger charge is -2.10. The Balaban J connectivity index is 2.49. The van der Waals surface area contributed by atoms with Crippen LogP contribution in [0.25, 0.3) is 0 Å². The summed E-state index contributed by atoms with van der Waals surface area (Å²) in [6.45, 7) is 3.11. The number of benzene rings is 1. The Morgan fingerprint density at radius 2 is 2.06 bits per heavy atom. The first kappa shape index (κ1) is 14.2. The molecule has 1 aromatic rings. The minimum atomic E-state index is -0.885. The molecule has 0 radical (unpaired) electrons. The minimum Gasteiger partial charge on any atom is -0.457 e. The second-order valence-electron chi connectivity index (χ2n) is 3.76. The predicted octanol–water partition coefficient (Wildman–Crippen LogP) is 1.30. The van der Waals surface area contributed by atoms with E-state index in [9.17, 15) is 9.90 Å². The first-order valence-electron chi connectivity index (χ1n) is 5.56. The number of rotatable bonds is 6. The monoisotopic (exact) mass is 248 g/mol. The van der Waals surface area contributed by atoms with Gasteiger partial charge in [-0.1, -0.05) is 24.8 Å². The van der Waals surface area contributed by atoms with Crippen LogP contribution in [0.5, 0.6) is 0 Å². The number of hydrogen-bond acceptors (Lipinski definition) is 4. The van der Waals surface area contributed by atoms with E-state index in [-0.39, 0.29) is 19.6 Å². The Morgan fingerprint density at radius 1 is 1.39 bits per heavy atom. The van der Waals surface area contributed by atoms with Crippen molar-refractivity contribution >= 4 is 5.97 Å². The topological polar surface area (TPSA) is 66.8 Å². The predicted molar refractivity (Wildman–Crippen MR) is 67.1 cm³/mol. The van der Waals surface area contributed by atoms with Gasteiger partial charge in [0.2, 0.25) is 0 Å². The molecule has 0 aliphatic carbocycles. The quantitative estimate of drug-likeness (QED) is 0.588. The molecule has 0 aliphatic rings. The zero-order valence-electron chi connectivity index (χ0n) is 10.0. The van der Waals surface area contributed by atoms with E-state index in [0.29, 0.717) is 11.1 Å². The van der Waals surface area contributed by atoms with Gasteiger partial charge in [-0.05, 0) is 12.1 Å². The van der Waals surface area contributed by atoms with E-state index in [1.54, 1.807) is 24.3 Å². The van der Waals surface area contributed by atoms with E-state index < -0.39 is 12.1 Å². The number of ether oxygens (including phenoxy) is 1. The van der Waals surface area contributed by atoms with Gasteiger partial charge in [-0.25, -0.2) is 4.79 Å². The Hall–Kier alpha value is -1.87. The van der Waals surface area contributed by atoms with E-state index in [2.05, 4.69) is 12.3 Å². The summed E-state index contributed by atoms with van der Waals surface area (Å²) < 4.78 is 5.06. The van der Waals surface area contributed by atoms with Gasteiger partial charge in [0.1, 0.15) is 6.61 Å². The van der Waals surface area contributed by atoms with E-state index in [1.807, 2.05) is 6.07 Å². The third-order valence-corrected chi connectivity index (χ3v) is 2.33. The Labute approximate surface area is 106 Å². The molecule has 0 spiro atoms. The minimum absolute atomic E-state index is 0.00822. The van der Waals surface area contributed by atoms with Gasteiger partial charge in [0.25, 0.3) is 0 Å².